The van der Waals surface area contributed by atoms with E-state index in [-0.39, 0.29) is 18.6 Å². The summed E-state index contributed by atoms with van der Waals surface area (Å²) in [5, 5.41) is 3.04. The van der Waals surface area contributed by atoms with Crippen LogP contribution < -0.4 is 19.5 Å². The first-order chi connectivity index (χ1) is 14.2. The lowest BCUT2D eigenvalue weighted by Gasteiger charge is -2.35. The van der Waals surface area contributed by atoms with Crippen LogP contribution in [0.4, 0.5) is 0 Å². The quantitative estimate of drug-likeness (QED) is 0.701. The van der Waals surface area contributed by atoms with Gasteiger partial charge in [0.1, 0.15) is 5.75 Å². The summed E-state index contributed by atoms with van der Waals surface area (Å²) in [5.74, 6) is 1.87. The molecule has 0 aliphatic carbocycles. The molecule has 0 spiro atoms. The zero-order valence-corrected chi connectivity index (χ0v) is 17.2. The van der Waals surface area contributed by atoms with Crippen LogP contribution in [0.2, 0.25) is 0 Å². The van der Waals surface area contributed by atoms with Crippen LogP contribution in [0.3, 0.4) is 0 Å². The highest BCUT2D eigenvalue weighted by Crippen LogP contribution is 2.27. The second-order valence-electron chi connectivity index (χ2n) is 7.13. The van der Waals surface area contributed by atoms with Crippen molar-refractivity contribution in [2.45, 2.75) is 25.3 Å². The Morgan fingerprint density at radius 2 is 1.66 bits per heavy atom. The highest BCUT2D eigenvalue weighted by Gasteiger charge is 2.23. The van der Waals surface area contributed by atoms with E-state index >= 15 is 0 Å². The van der Waals surface area contributed by atoms with E-state index in [0.29, 0.717) is 18.0 Å². The molecule has 1 atom stereocenters. The maximum Gasteiger partial charge on any atom is 0.258 e. The Morgan fingerprint density at radius 1 is 0.966 bits per heavy atom. The van der Waals surface area contributed by atoms with Crippen molar-refractivity contribution < 1.29 is 19.0 Å². The fourth-order valence-corrected chi connectivity index (χ4v) is 3.66. The Kier molecular flexibility index (Phi) is 7.76. The molecule has 1 heterocycles. The fourth-order valence-electron chi connectivity index (χ4n) is 3.66. The summed E-state index contributed by atoms with van der Waals surface area (Å²) < 4.78 is 16.2. The van der Waals surface area contributed by atoms with E-state index in [1.165, 1.54) is 24.8 Å². The van der Waals surface area contributed by atoms with Crippen LogP contribution in [0, 0.1) is 0 Å². The van der Waals surface area contributed by atoms with Crippen molar-refractivity contribution in [3.05, 3.63) is 54.1 Å². The summed E-state index contributed by atoms with van der Waals surface area (Å²) in [7, 11) is 3.25. The van der Waals surface area contributed by atoms with E-state index in [1.54, 1.807) is 20.3 Å². The summed E-state index contributed by atoms with van der Waals surface area (Å²) in [6.45, 7) is 2.59. The van der Waals surface area contributed by atoms with Gasteiger partial charge in [-0.05, 0) is 55.8 Å². The maximum absolute atomic E-state index is 12.4. The Morgan fingerprint density at radius 3 is 2.31 bits per heavy atom. The number of para-hydroxylation sites is 2. The molecule has 1 amide bonds. The molecular weight excluding hydrogens is 368 g/mol. The molecule has 1 N–H and O–H groups in total. The monoisotopic (exact) mass is 398 g/mol. The molecule has 0 unspecified atom stereocenters. The van der Waals surface area contributed by atoms with E-state index in [9.17, 15) is 4.79 Å². The molecule has 156 valence electrons. The molecule has 1 aliphatic rings. The minimum atomic E-state index is -0.147. The average Bonchev–Trinajstić information content (AvgIpc) is 2.79. The number of nitrogens with one attached hydrogen (secondary N) is 1. The van der Waals surface area contributed by atoms with Crippen molar-refractivity contribution in [1.82, 2.24) is 10.2 Å². The molecule has 6 heteroatoms. The molecule has 2 aromatic carbocycles. The van der Waals surface area contributed by atoms with Gasteiger partial charge in [-0.2, -0.15) is 0 Å². The maximum atomic E-state index is 12.4. The highest BCUT2D eigenvalue weighted by molar-refractivity contribution is 5.77. The predicted octanol–water partition coefficient (Wildman–Crippen LogP) is 3.43. The van der Waals surface area contributed by atoms with Gasteiger partial charge in [0.15, 0.2) is 18.1 Å². The molecule has 29 heavy (non-hydrogen) atoms. The van der Waals surface area contributed by atoms with Crippen LogP contribution in [-0.2, 0) is 4.79 Å². The Hall–Kier alpha value is -2.73. The molecule has 0 saturated carbocycles. The third-order valence-corrected chi connectivity index (χ3v) is 5.25. The zero-order valence-electron chi connectivity index (χ0n) is 17.2. The second-order valence-corrected chi connectivity index (χ2v) is 7.13. The number of nitrogens with zero attached hydrogens (tertiary/aromatic N) is 1. The van der Waals surface area contributed by atoms with Gasteiger partial charge in [0, 0.05) is 6.54 Å². The standard InChI is InChI=1S/C23H30N2O4/c1-27-19-12-10-18(11-13-19)20(25-14-6-3-7-15-25)16-24-23(26)17-29-22-9-5-4-8-21(22)28-2/h4-5,8-13,20H,3,6-7,14-17H2,1-2H3,(H,24,26)/t20-/m1/s1. The number of carbonyl (C=O) groups is 1. The number of amides is 1. The van der Waals surface area contributed by atoms with Crippen LogP contribution in [0.25, 0.3) is 0 Å². The van der Waals surface area contributed by atoms with Gasteiger partial charge in [0.25, 0.3) is 5.91 Å². The molecule has 0 aromatic heterocycles. The van der Waals surface area contributed by atoms with Crippen molar-refractivity contribution in [2.75, 3.05) is 40.5 Å². The van der Waals surface area contributed by atoms with E-state index in [4.69, 9.17) is 14.2 Å². The van der Waals surface area contributed by atoms with Gasteiger partial charge in [0.2, 0.25) is 0 Å². The molecule has 1 fully saturated rings. The second kappa shape index (κ2) is 10.7. The van der Waals surface area contributed by atoms with Gasteiger partial charge in [-0.1, -0.05) is 30.7 Å². The lowest BCUT2D eigenvalue weighted by Crippen LogP contribution is -2.41. The zero-order chi connectivity index (χ0) is 20.5. The van der Waals surface area contributed by atoms with Gasteiger partial charge in [0.05, 0.1) is 20.3 Å². The lowest BCUT2D eigenvalue weighted by atomic mass is 10.0. The Labute approximate surface area is 172 Å². The topological polar surface area (TPSA) is 60.0 Å². The molecule has 3 rings (SSSR count). The van der Waals surface area contributed by atoms with E-state index < -0.39 is 0 Å². The Balaban J connectivity index is 1.60. The summed E-state index contributed by atoms with van der Waals surface area (Å²) in [6, 6.07) is 15.6. The lowest BCUT2D eigenvalue weighted by molar-refractivity contribution is -0.123. The van der Waals surface area contributed by atoms with Gasteiger partial charge in [-0.25, -0.2) is 0 Å². The van der Waals surface area contributed by atoms with Crippen molar-refractivity contribution in [3.8, 4) is 17.2 Å². The van der Waals surface area contributed by atoms with Gasteiger partial charge in [-0.3, -0.25) is 9.69 Å². The van der Waals surface area contributed by atoms with Crippen molar-refractivity contribution in [3.63, 3.8) is 0 Å². The number of ether oxygens (including phenoxy) is 3. The molecule has 1 aliphatic heterocycles. The fraction of sp³-hybridized carbons (Fsp3) is 0.435. The van der Waals surface area contributed by atoms with Gasteiger partial charge in [-0.15, -0.1) is 0 Å². The first-order valence-electron chi connectivity index (χ1n) is 10.1. The van der Waals surface area contributed by atoms with Crippen LogP contribution in [0.15, 0.2) is 48.5 Å². The molecule has 0 bridgehead atoms. The van der Waals surface area contributed by atoms with E-state index in [0.717, 1.165) is 18.8 Å². The Bertz CT molecular complexity index is 773. The normalized spacial score (nSPS) is 15.4. The number of carbonyl (C=O) groups excluding carboxylic acids is 1. The number of rotatable bonds is 9. The largest absolute Gasteiger partial charge is 0.497 e. The number of likely N-dealkylation sites (tertiary alicyclic amines) is 1. The summed E-state index contributed by atoms with van der Waals surface area (Å²) >= 11 is 0. The molecule has 0 radical (unpaired) electrons. The van der Waals surface area contributed by atoms with Crippen LogP contribution >= 0.6 is 0 Å². The number of hydrogen-bond acceptors (Lipinski definition) is 5. The number of piperidine rings is 1. The summed E-state index contributed by atoms with van der Waals surface area (Å²) in [5.41, 5.74) is 1.18. The highest BCUT2D eigenvalue weighted by atomic mass is 16.5. The third kappa shape index (κ3) is 5.87. The van der Waals surface area contributed by atoms with E-state index in [2.05, 4.69) is 22.3 Å². The average molecular weight is 399 g/mol. The smallest absolute Gasteiger partial charge is 0.258 e. The summed E-state index contributed by atoms with van der Waals surface area (Å²) in [4.78, 5) is 14.9. The molecular formula is C23H30N2O4. The number of benzene rings is 2. The molecule has 6 nitrogen and oxygen atoms in total. The van der Waals surface area contributed by atoms with Crippen molar-refractivity contribution in [1.29, 1.82) is 0 Å². The van der Waals surface area contributed by atoms with Crippen LogP contribution in [0.1, 0.15) is 30.9 Å². The molecule has 1 saturated heterocycles. The summed E-state index contributed by atoms with van der Waals surface area (Å²) in [6.07, 6.45) is 3.65. The predicted molar refractivity (Wildman–Crippen MR) is 113 cm³/mol. The minimum absolute atomic E-state index is 0.0459. The van der Waals surface area contributed by atoms with E-state index in [1.807, 2.05) is 30.3 Å². The van der Waals surface area contributed by atoms with Crippen LogP contribution in [-0.4, -0.2) is 51.3 Å². The minimum Gasteiger partial charge on any atom is -0.497 e. The van der Waals surface area contributed by atoms with Gasteiger partial charge >= 0.3 is 0 Å². The first kappa shape index (κ1) is 21.0. The van der Waals surface area contributed by atoms with Crippen LogP contribution in [0.5, 0.6) is 17.2 Å². The number of hydrogen-bond donors (Lipinski definition) is 1. The third-order valence-electron chi connectivity index (χ3n) is 5.25. The first-order valence-corrected chi connectivity index (χ1v) is 10.1. The molecule has 2 aromatic rings. The van der Waals surface area contributed by atoms with Gasteiger partial charge < -0.3 is 19.5 Å². The SMILES string of the molecule is COc1ccc([C@@H](CNC(=O)COc2ccccc2OC)N2CCCCC2)cc1. The van der Waals surface area contributed by atoms with Crippen molar-refractivity contribution >= 4 is 5.91 Å². The number of methoxy groups -OCH3 is 2. The van der Waals surface area contributed by atoms with Crippen molar-refractivity contribution in [2.24, 2.45) is 0 Å².